The maximum Gasteiger partial charge on any atom is 0.326 e. The van der Waals surface area contributed by atoms with Crippen LogP contribution in [0.1, 0.15) is 25.0 Å². The second-order valence-electron chi connectivity index (χ2n) is 5.17. The largest absolute Gasteiger partial charge is 0.480 e. The first-order chi connectivity index (χ1) is 11.5. The van der Waals surface area contributed by atoms with Crippen LogP contribution in [0.5, 0.6) is 0 Å². The van der Waals surface area contributed by atoms with Crippen LogP contribution in [0.3, 0.4) is 0 Å². The van der Waals surface area contributed by atoms with Crippen LogP contribution in [0.2, 0.25) is 0 Å². The van der Waals surface area contributed by atoms with Crippen molar-refractivity contribution in [3.63, 3.8) is 0 Å². The lowest BCUT2D eigenvalue weighted by Gasteiger charge is -2.20. The highest BCUT2D eigenvalue weighted by atomic mass is 16.4. The second-order valence-corrected chi connectivity index (χ2v) is 5.17. The highest BCUT2D eigenvalue weighted by Gasteiger charge is 2.26. The monoisotopic (exact) mass is 341 g/mol. The molecule has 0 spiro atoms. The number of amides is 2. The van der Waals surface area contributed by atoms with Crippen LogP contribution < -0.4 is 22.1 Å². The van der Waals surface area contributed by atoms with Crippen molar-refractivity contribution < 1.29 is 19.5 Å². The molecule has 134 valence electrons. The number of carbonyl (C=O) groups excluding carboxylic acids is 2. The highest BCUT2D eigenvalue weighted by molar-refractivity contribution is 5.90. The molecule has 1 heterocycles. The van der Waals surface area contributed by atoms with E-state index in [1.807, 2.05) is 0 Å². The van der Waals surface area contributed by atoms with Crippen molar-refractivity contribution in [2.75, 3.05) is 13.1 Å². The molecule has 1 aromatic rings. The summed E-state index contributed by atoms with van der Waals surface area (Å²) in [6.07, 6.45) is 2.94. The van der Waals surface area contributed by atoms with Gasteiger partial charge in [0.1, 0.15) is 12.1 Å². The lowest BCUT2D eigenvalue weighted by molar-refractivity contribution is -0.142. The summed E-state index contributed by atoms with van der Waals surface area (Å²) in [4.78, 5) is 35.1. The zero-order valence-electron chi connectivity index (χ0n) is 13.2. The van der Waals surface area contributed by atoms with Gasteiger partial charge in [-0.2, -0.15) is 15.4 Å². The van der Waals surface area contributed by atoms with Gasteiger partial charge in [0.2, 0.25) is 11.8 Å². The van der Waals surface area contributed by atoms with Gasteiger partial charge in [-0.1, -0.05) is 0 Å². The van der Waals surface area contributed by atoms with Crippen molar-refractivity contribution >= 4 is 17.8 Å². The molecule has 0 radical (unpaired) electrons. The Labute approximate surface area is 138 Å². The Morgan fingerprint density at radius 3 is 2.50 bits per heavy atom. The Balaban J connectivity index is 2.73. The molecule has 11 heteroatoms. The lowest BCUT2D eigenvalue weighted by Crippen LogP contribution is -2.53. The third kappa shape index (κ3) is 6.71. The summed E-state index contributed by atoms with van der Waals surface area (Å²) in [5.74, 6) is -2.31. The SMILES string of the molecule is NCCCCC(NC(=O)C(Cc1cn[nH]n1)NC(=O)CN)C(=O)O. The fourth-order valence-electron chi connectivity index (χ4n) is 2.02. The van der Waals surface area contributed by atoms with Crippen LogP contribution >= 0.6 is 0 Å². The highest BCUT2D eigenvalue weighted by Crippen LogP contribution is 2.03. The molecule has 2 amide bonds. The number of unbranched alkanes of at least 4 members (excludes halogenated alkanes) is 1. The number of aromatic nitrogens is 3. The van der Waals surface area contributed by atoms with Gasteiger partial charge in [0.05, 0.1) is 18.4 Å². The molecule has 0 fully saturated rings. The number of carboxylic acids is 1. The van der Waals surface area contributed by atoms with Crippen LogP contribution in [-0.4, -0.2) is 63.5 Å². The van der Waals surface area contributed by atoms with Gasteiger partial charge in [-0.3, -0.25) is 9.59 Å². The number of H-pyrrole nitrogens is 1. The number of aliphatic carboxylic acids is 1. The number of hydrogen-bond acceptors (Lipinski definition) is 7. The standard InChI is InChI=1S/C13H23N7O4/c14-4-2-1-3-9(13(23)24)18-12(22)10(17-11(21)6-15)5-8-7-16-20-19-8/h7,9-10H,1-6,14-15H2,(H,17,21)(H,18,22)(H,23,24)(H,16,19,20). The lowest BCUT2D eigenvalue weighted by atomic mass is 10.1. The Bertz CT molecular complexity index is 534. The molecule has 0 aliphatic heterocycles. The molecule has 0 saturated heterocycles. The summed E-state index contributed by atoms with van der Waals surface area (Å²) in [5.41, 5.74) is 11.1. The molecular weight excluding hydrogens is 318 g/mol. The summed E-state index contributed by atoms with van der Waals surface area (Å²) >= 11 is 0. The molecule has 2 atom stereocenters. The topological polar surface area (TPSA) is 189 Å². The quantitative estimate of drug-likeness (QED) is 0.238. The molecule has 0 aliphatic rings. The van der Waals surface area contributed by atoms with Crippen molar-refractivity contribution in [1.29, 1.82) is 0 Å². The fourth-order valence-corrected chi connectivity index (χ4v) is 2.02. The molecule has 2 unspecified atom stereocenters. The van der Waals surface area contributed by atoms with Crippen LogP contribution in [0.4, 0.5) is 0 Å². The summed E-state index contributed by atoms with van der Waals surface area (Å²) < 4.78 is 0. The van der Waals surface area contributed by atoms with E-state index in [0.717, 1.165) is 0 Å². The summed E-state index contributed by atoms with van der Waals surface area (Å²) in [6.45, 7) is 0.156. The first-order valence-electron chi connectivity index (χ1n) is 7.55. The average molecular weight is 341 g/mol. The van der Waals surface area contributed by atoms with Crippen molar-refractivity contribution in [3.8, 4) is 0 Å². The molecule has 1 aromatic heterocycles. The Morgan fingerprint density at radius 2 is 1.96 bits per heavy atom. The van der Waals surface area contributed by atoms with Gasteiger partial charge in [0.25, 0.3) is 0 Å². The van der Waals surface area contributed by atoms with E-state index in [4.69, 9.17) is 11.5 Å². The third-order valence-corrected chi connectivity index (χ3v) is 3.28. The van der Waals surface area contributed by atoms with Crippen molar-refractivity contribution in [2.24, 2.45) is 11.5 Å². The minimum Gasteiger partial charge on any atom is -0.480 e. The number of aromatic amines is 1. The molecule has 8 N–H and O–H groups in total. The third-order valence-electron chi connectivity index (χ3n) is 3.28. The number of rotatable bonds is 11. The normalized spacial score (nSPS) is 13.1. The van der Waals surface area contributed by atoms with E-state index in [-0.39, 0.29) is 19.4 Å². The van der Waals surface area contributed by atoms with E-state index in [0.29, 0.717) is 25.1 Å². The van der Waals surface area contributed by atoms with Gasteiger partial charge in [0, 0.05) is 6.42 Å². The molecule has 0 aliphatic carbocycles. The number of nitrogens with one attached hydrogen (secondary N) is 3. The molecule has 24 heavy (non-hydrogen) atoms. The Hall–Kier alpha value is -2.53. The van der Waals surface area contributed by atoms with Gasteiger partial charge in [-0.05, 0) is 25.8 Å². The van der Waals surface area contributed by atoms with Crippen LogP contribution in [0, 0.1) is 0 Å². The number of carbonyl (C=O) groups is 3. The first kappa shape index (κ1) is 19.5. The van der Waals surface area contributed by atoms with Crippen LogP contribution in [-0.2, 0) is 20.8 Å². The first-order valence-corrected chi connectivity index (χ1v) is 7.55. The summed E-state index contributed by atoms with van der Waals surface area (Å²) in [5, 5.41) is 23.9. The van der Waals surface area contributed by atoms with E-state index in [1.54, 1.807) is 0 Å². The molecule has 0 bridgehead atoms. The smallest absolute Gasteiger partial charge is 0.326 e. The molecule has 0 saturated carbocycles. The molecule has 0 aromatic carbocycles. The maximum absolute atomic E-state index is 12.4. The Morgan fingerprint density at radius 1 is 1.21 bits per heavy atom. The van der Waals surface area contributed by atoms with Gasteiger partial charge in [-0.15, -0.1) is 0 Å². The number of carboxylic acid groups (broad SMARTS) is 1. The minimum absolute atomic E-state index is 0.0587. The van der Waals surface area contributed by atoms with Gasteiger partial charge >= 0.3 is 5.97 Å². The van der Waals surface area contributed by atoms with Crippen LogP contribution in [0.15, 0.2) is 6.20 Å². The van der Waals surface area contributed by atoms with E-state index in [9.17, 15) is 19.5 Å². The van der Waals surface area contributed by atoms with Crippen molar-refractivity contribution in [3.05, 3.63) is 11.9 Å². The second kappa shape index (κ2) is 10.3. The van der Waals surface area contributed by atoms with E-state index in [2.05, 4.69) is 26.0 Å². The number of nitrogens with zero attached hydrogens (tertiary/aromatic N) is 2. The zero-order chi connectivity index (χ0) is 17.9. The predicted molar refractivity (Wildman–Crippen MR) is 83.5 cm³/mol. The maximum atomic E-state index is 12.4. The minimum atomic E-state index is -1.15. The molecule has 1 rings (SSSR count). The Kier molecular flexibility index (Phi) is 8.36. The predicted octanol–water partition coefficient (Wildman–Crippen LogP) is -2.51. The van der Waals surface area contributed by atoms with Crippen LogP contribution in [0.25, 0.3) is 0 Å². The molecule has 11 nitrogen and oxygen atoms in total. The summed E-state index contributed by atoms with van der Waals surface area (Å²) in [6, 6.07) is -2.05. The van der Waals surface area contributed by atoms with Gasteiger partial charge < -0.3 is 27.2 Å². The van der Waals surface area contributed by atoms with E-state index >= 15 is 0 Å². The number of hydrogen-bond donors (Lipinski definition) is 6. The van der Waals surface area contributed by atoms with E-state index < -0.39 is 29.9 Å². The van der Waals surface area contributed by atoms with Gasteiger partial charge in [-0.25, -0.2) is 4.79 Å². The molecular formula is C13H23N7O4. The average Bonchev–Trinajstić information content (AvgIpc) is 3.06. The summed E-state index contributed by atoms with van der Waals surface area (Å²) in [7, 11) is 0. The number of nitrogens with two attached hydrogens (primary N) is 2. The fraction of sp³-hybridized carbons (Fsp3) is 0.615. The zero-order valence-corrected chi connectivity index (χ0v) is 13.2. The van der Waals surface area contributed by atoms with E-state index in [1.165, 1.54) is 6.20 Å². The van der Waals surface area contributed by atoms with Crippen molar-refractivity contribution in [1.82, 2.24) is 26.0 Å². The van der Waals surface area contributed by atoms with Crippen molar-refractivity contribution in [2.45, 2.75) is 37.8 Å². The van der Waals surface area contributed by atoms with Gasteiger partial charge in [0.15, 0.2) is 0 Å².